The zero-order chi connectivity index (χ0) is 20.0. The molecule has 0 atom stereocenters. The van der Waals surface area contributed by atoms with Crippen molar-refractivity contribution in [2.24, 2.45) is 0 Å². The van der Waals surface area contributed by atoms with E-state index in [1.807, 2.05) is 6.08 Å². The number of nitrogens with one attached hydrogen (secondary N) is 1. The molecule has 1 fully saturated rings. The number of amides is 1. The molecule has 0 aliphatic heterocycles. The van der Waals surface area contributed by atoms with Crippen molar-refractivity contribution < 1.29 is 15.0 Å². The maximum absolute atomic E-state index is 12.7. The number of aryl methyl sites for hydroxylation is 1. The monoisotopic (exact) mass is 371 g/mol. The van der Waals surface area contributed by atoms with Gasteiger partial charge in [-0.2, -0.15) is 0 Å². The van der Waals surface area contributed by atoms with Crippen molar-refractivity contribution in [3.05, 3.63) is 46.1 Å². The van der Waals surface area contributed by atoms with E-state index in [1.54, 1.807) is 13.0 Å². The van der Waals surface area contributed by atoms with E-state index in [2.05, 4.69) is 32.2 Å². The minimum atomic E-state index is -0.248. The number of hydrogen-bond donors (Lipinski definition) is 3. The summed E-state index contributed by atoms with van der Waals surface area (Å²) in [6.07, 6.45) is 10.8. The van der Waals surface area contributed by atoms with Crippen LogP contribution in [0.15, 0.2) is 29.4 Å². The van der Waals surface area contributed by atoms with Gasteiger partial charge in [0.25, 0.3) is 5.91 Å². The molecule has 0 spiro atoms. The molecule has 1 aromatic rings. The number of carbonyl (C=O) groups is 1. The van der Waals surface area contributed by atoms with Crippen LogP contribution in [0.5, 0.6) is 11.5 Å². The van der Waals surface area contributed by atoms with Crippen LogP contribution in [-0.2, 0) is 6.42 Å². The van der Waals surface area contributed by atoms with Gasteiger partial charge in [-0.3, -0.25) is 4.79 Å². The Labute approximate surface area is 163 Å². The Balaban J connectivity index is 2.16. The molecule has 27 heavy (non-hydrogen) atoms. The molecule has 0 aromatic heterocycles. The van der Waals surface area contributed by atoms with Crippen LogP contribution in [-0.4, -0.2) is 22.2 Å². The molecule has 1 aromatic carbocycles. The lowest BCUT2D eigenvalue weighted by Gasteiger charge is -2.17. The second-order valence-corrected chi connectivity index (χ2v) is 7.94. The first-order valence-electron chi connectivity index (χ1n) is 9.93. The van der Waals surface area contributed by atoms with Crippen LogP contribution in [0.25, 0.3) is 0 Å². The number of phenols is 2. The maximum Gasteiger partial charge on any atom is 0.255 e. The predicted molar refractivity (Wildman–Crippen MR) is 110 cm³/mol. The lowest BCUT2D eigenvalue weighted by molar-refractivity contribution is 0.0934. The second kappa shape index (κ2) is 9.63. The fourth-order valence-corrected chi connectivity index (χ4v) is 3.61. The van der Waals surface area contributed by atoms with Crippen LogP contribution in [0.4, 0.5) is 0 Å². The number of hydrogen-bond acceptors (Lipinski definition) is 3. The third-order valence-electron chi connectivity index (χ3n) is 5.24. The van der Waals surface area contributed by atoms with Crippen LogP contribution in [0.2, 0.25) is 0 Å². The van der Waals surface area contributed by atoms with E-state index >= 15 is 0 Å². The Kier molecular flexibility index (Phi) is 7.52. The zero-order valence-corrected chi connectivity index (χ0v) is 17.1. The molecule has 3 N–H and O–H groups in total. The maximum atomic E-state index is 12.7. The molecule has 0 saturated heterocycles. The lowest BCUT2D eigenvalue weighted by Crippen LogP contribution is -2.33. The highest BCUT2D eigenvalue weighted by Crippen LogP contribution is 2.34. The van der Waals surface area contributed by atoms with Crippen LogP contribution < -0.4 is 5.32 Å². The van der Waals surface area contributed by atoms with Crippen LogP contribution in [0.3, 0.4) is 0 Å². The first-order valence-corrected chi connectivity index (χ1v) is 9.93. The molecule has 1 saturated carbocycles. The fourth-order valence-electron chi connectivity index (χ4n) is 3.61. The Bertz CT molecular complexity index is 736. The van der Waals surface area contributed by atoms with Gasteiger partial charge in [-0.15, -0.1) is 0 Å². The zero-order valence-electron chi connectivity index (χ0n) is 17.1. The van der Waals surface area contributed by atoms with Crippen molar-refractivity contribution in [1.82, 2.24) is 5.32 Å². The molecule has 148 valence electrons. The topological polar surface area (TPSA) is 69.6 Å². The molecular weight excluding hydrogens is 338 g/mol. The minimum Gasteiger partial charge on any atom is -0.508 e. The highest BCUT2D eigenvalue weighted by molar-refractivity contribution is 5.99. The molecule has 0 radical (unpaired) electrons. The molecule has 1 aliphatic carbocycles. The van der Waals surface area contributed by atoms with Gasteiger partial charge in [-0.05, 0) is 71.4 Å². The van der Waals surface area contributed by atoms with Crippen LogP contribution >= 0.6 is 0 Å². The van der Waals surface area contributed by atoms with Gasteiger partial charge in [0.15, 0.2) is 0 Å². The smallest absolute Gasteiger partial charge is 0.255 e. The second-order valence-electron chi connectivity index (χ2n) is 7.94. The molecule has 0 unspecified atom stereocenters. The van der Waals surface area contributed by atoms with Gasteiger partial charge in [0.05, 0.1) is 5.56 Å². The van der Waals surface area contributed by atoms with E-state index in [-0.39, 0.29) is 29.0 Å². The summed E-state index contributed by atoms with van der Waals surface area (Å²) in [7, 11) is 0. The number of carbonyl (C=O) groups excluding carboxylic acids is 1. The Morgan fingerprint density at radius 3 is 2.48 bits per heavy atom. The largest absolute Gasteiger partial charge is 0.508 e. The average molecular weight is 372 g/mol. The van der Waals surface area contributed by atoms with E-state index in [0.29, 0.717) is 17.5 Å². The van der Waals surface area contributed by atoms with E-state index in [9.17, 15) is 15.0 Å². The molecule has 1 aliphatic rings. The van der Waals surface area contributed by atoms with Gasteiger partial charge in [0.1, 0.15) is 11.5 Å². The predicted octanol–water partition coefficient (Wildman–Crippen LogP) is 5.31. The average Bonchev–Trinajstić information content (AvgIpc) is 3.06. The molecule has 0 heterocycles. The quantitative estimate of drug-likeness (QED) is 0.569. The van der Waals surface area contributed by atoms with E-state index in [4.69, 9.17) is 0 Å². The van der Waals surface area contributed by atoms with Crippen molar-refractivity contribution in [2.75, 3.05) is 0 Å². The molecule has 4 nitrogen and oxygen atoms in total. The summed E-state index contributed by atoms with van der Waals surface area (Å²) in [6.45, 7) is 7.96. The van der Waals surface area contributed by atoms with Gasteiger partial charge in [-0.25, -0.2) is 0 Å². The standard InChI is InChI=1S/C23H33NO3/c1-15(2)8-7-9-16(3)12-13-19-20(25)14-17(4)21(22(19)26)23(27)24-18-10-5-6-11-18/h8,12,14,18,25-26H,5-7,9-11,13H2,1-4H3,(H,24,27)/b16-12+. The summed E-state index contributed by atoms with van der Waals surface area (Å²) in [4.78, 5) is 12.7. The van der Waals surface area contributed by atoms with Gasteiger partial charge in [0, 0.05) is 11.6 Å². The molecule has 1 amide bonds. The highest BCUT2D eigenvalue weighted by atomic mass is 16.3. The summed E-state index contributed by atoms with van der Waals surface area (Å²) < 4.78 is 0. The van der Waals surface area contributed by atoms with Crippen LogP contribution in [0, 0.1) is 6.92 Å². The number of benzene rings is 1. The molecule has 4 heteroatoms. The highest BCUT2D eigenvalue weighted by Gasteiger charge is 2.24. The van der Waals surface area contributed by atoms with Gasteiger partial charge >= 0.3 is 0 Å². The number of rotatable bonds is 7. The Morgan fingerprint density at radius 1 is 1.19 bits per heavy atom. The van der Waals surface area contributed by atoms with Gasteiger partial charge in [-0.1, -0.05) is 36.1 Å². The summed E-state index contributed by atoms with van der Waals surface area (Å²) in [5, 5.41) is 24.0. The van der Waals surface area contributed by atoms with Crippen LogP contribution in [0.1, 0.15) is 80.8 Å². The van der Waals surface area contributed by atoms with Crippen molar-refractivity contribution in [2.45, 2.75) is 78.7 Å². The lowest BCUT2D eigenvalue weighted by atomic mass is 9.97. The summed E-state index contributed by atoms with van der Waals surface area (Å²) in [6, 6.07) is 1.76. The third-order valence-corrected chi connectivity index (χ3v) is 5.24. The summed E-state index contributed by atoms with van der Waals surface area (Å²) >= 11 is 0. The summed E-state index contributed by atoms with van der Waals surface area (Å²) in [5.74, 6) is -0.311. The fraction of sp³-hybridized carbons (Fsp3) is 0.522. The SMILES string of the molecule is CC(C)=CCC/C(C)=C/Cc1c(O)cc(C)c(C(=O)NC2CCCC2)c1O. The first kappa shape index (κ1) is 21.1. The van der Waals surface area contributed by atoms with Crippen molar-refractivity contribution in [3.8, 4) is 11.5 Å². The molecule has 0 bridgehead atoms. The molecule has 2 rings (SSSR count). The van der Waals surface area contributed by atoms with Crippen molar-refractivity contribution in [1.29, 1.82) is 0 Å². The Morgan fingerprint density at radius 2 is 1.85 bits per heavy atom. The van der Waals surface area contributed by atoms with Gasteiger partial charge in [0.2, 0.25) is 0 Å². The normalized spacial score (nSPS) is 15.0. The number of phenolic OH excluding ortho intramolecular Hbond substituents is 2. The minimum absolute atomic E-state index is 0.0377. The number of allylic oxidation sites excluding steroid dienone is 4. The third kappa shape index (κ3) is 5.88. The summed E-state index contributed by atoms with van der Waals surface area (Å²) in [5.41, 5.74) is 3.79. The van der Waals surface area contributed by atoms with E-state index < -0.39 is 0 Å². The Hall–Kier alpha value is -2.23. The van der Waals surface area contributed by atoms with E-state index in [0.717, 1.165) is 38.5 Å². The van der Waals surface area contributed by atoms with Crippen molar-refractivity contribution >= 4 is 5.91 Å². The van der Waals surface area contributed by atoms with Gasteiger partial charge < -0.3 is 15.5 Å². The number of aromatic hydroxyl groups is 2. The molecular formula is C23H33NO3. The van der Waals surface area contributed by atoms with Crippen molar-refractivity contribution in [3.63, 3.8) is 0 Å². The first-order chi connectivity index (χ1) is 12.8. The van der Waals surface area contributed by atoms with E-state index in [1.165, 1.54) is 11.1 Å².